The van der Waals surface area contributed by atoms with E-state index in [2.05, 4.69) is 10.3 Å². The van der Waals surface area contributed by atoms with E-state index in [1.165, 1.54) is 17.7 Å². The Morgan fingerprint density at radius 3 is 2.63 bits per heavy atom. The molecule has 0 spiro atoms. The predicted octanol–water partition coefficient (Wildman–Crippen LogP) is 2.02. The van der Waals surface area contributed by atoms with Crippen molar-refractivity contribution in [2.45, 2.75) is 6.42 Å². The third-order valence-electron chi connectivity index (χ3n) is 2.78. The molecule has 0 radical (unpaired) electrons. The highest BCUT2D eigenvalue weighted by molar-refractivity contribution is 5.90. The second kappa shape index (κ2) is 5.86. The van der Waals surface area contributed by atoms with Gasteiger partial charge in [-0.2, -0.15) is 0 Å². The van der Waals surface area contributed by atoms with Crippen LogP contribution in [-0.4, -0.2) is 22.6 Å². The van der Waals surface area contributed by atoms with Gasteiger partial charge in [-0.25, -0.2) is 4.79 Å². The number of carboxylic acid groups (broad SMARTS) is 1. The Labute approximate surface area is 111 Å². The van der Waals surface area contributed by atoms with Crippen molar-refractivity contribution in [2.24, 2.45) is 0 Å². The molecule has 0 aliphatic rings. The molecular formula is C14H15N3O2. The second-order valence-electron chi connectivity index (χ2n) is 4.14. The van der Waals surface area contributed by atoms with E-state index < -0.39 is 5.97 Å². The van der Waals surface area contributed by atoms with E-state index in [-0.39, 0.29) is 5.56 Å². The van der Waals surface area contributed by atoms with E-state index >= 15 is 0 Å². The number of nitrogen functional groups attached to an aromatic ring is 1. The molecule has 5 heteroatoms. The number of aromatic carboxylic acids is 1. The number of nitrogens with zero attached hydrogens (tertiary/aromatic N) is 1. The molecule has 0 amide bonds. The minimum atomic E-state index is -0.977. The molecule has 98 valence electrons. The van der Waals surface area contributed by atoms with Gasteiger partial charge in [0.2, 0.25) is 0 Å². The van der Waals surface area contributed by atoms with Crippen LogP contribution in [0.4, 0.5) is 11.4 Å². The van der Waals surface area contributed by atoms with E-state index in [0.29, 0.717) is 5.69 Å². The van der Waals surface area contributed by atoms with Crippen LogP contribution in [0.1, 0.15) is 15.9 Å². The fourth-order valence-electron chi connectivity index (χ4n) is 1.75. The van der Waals surface area contributed by atoms with Crippen LogP contribution in [0.2, 0.25) is 0 Å². The van der Waals surface area contributed by atoms with Gasteiger partial charge in [0.1, 0.15) is 0 Å². The van der Waals surface area contributed by atoms with Crippen molar-refractivity contribution in [1.29, 1.82) is 0 Å². The number of nitrogens with one attached hydrogen (secondary N) is 1. The summed E-state index contributed by atoms with van der Waals surface area (Å²) in [5.41, 5.74) is 8.37. The highest BCUT2D eigenvalue weighted by Gasteiger charge is 2.05. The number of pyridine rings is 1. The lowest BCUT2D eigenvalue weighted by Crippen LogP contribution is -2.08. The van der Waals surface area contributed by atoms with Crippen LogP contribution in [0.5, 0.6) is 0 Å². The maximum Gasteiger partial charge on any atom is 0.335 e. The lowest BCUT2D eigenvalue weighted by atomic mass is 10.1. The summed E-state index contributed by atoms with van der Waals surface area (Å²) in [4.78, 5) is 14.7. The number of rotatable bonds is 5. The van der Waals surface area contributed by atoms with Crippen molar-refractivity contribution < 1.29 is 9.90 Å². The molecule has 0 fully saturated rings. The van der Waals surface area contributed by atoms with Gasteiger partial charge in [0.25, 0.3) is 0 Å². The Balaban J connectivity index is 1.95. The van der Waals surface area contributed by atoms with Crippen molar-refractivity contribution in [2.75, 3.05) is 17.6 Å². The summed E-state index contributed by atoms with van der Waals surface area (Å²) in [7, 11) is 0. The lowest BCUT2D eigenvalue weighted by Gasteiger charge is -2.09. The van der Waals surface area contributed by atoms with Crippen molar-refractivity contribution in [1.82, 2.24) is 4.98 Å². The molecule has 1 heterocycles. The summed E-state index contributed by atoms with van der Waals surface area (Å²) >= 11 is 0. The van der Waals surface area contributed by atoms with Crippen molar-refractivity contribution >= 4 is 17.3 Å². The maximum absolute atomic E-state index is 10.8. The molecule has 0 atom stereocenters. The highest BCUT2D eigenvalue weighted by Crippen LogP contribution is 2.19. The molecule has 2 aromatic rings. The normalized spacial score (nSPS) is 10.1. The lowest BCUT2D eigenvalue weighted by molar-refractivity contribution is 0.0697. The zero-order valence-corrected chi connectivity index (χ0v) is 10.3. The van der Waals surface area contributed by atoms with E-state index in [9.17, 15) is 4.79 Å². The Hall–Kier alpha value is -2.56. The van der Waals surface area contributed by atoms with Gasteiger partial charge in [0.05, 0.1) is 16.9 Å². The molecule has 5 nitrogen and oxygen atoms in total. The first kappa shape index (κ1) is 12.9. The van der Waals surface area contributed by atoms with Crippen LogP contribution in [0.15, 0.2) is 42.7 Å². The Bertz CT molecular complexity index is 570. The molecule has 0 bridgehead atoms. The van der Waals surface area contributed by atoms with Gasteiger partial charge in [-0.05, 0) is 42.3 Å². The summed E-state index contributed by atoms with van der Waals surface area (Å²) in [6, 6.07) is 8.59. The van der Waals surface area contributed by atoms with Crippen LogP contribution >= 0.6 is 0 Å². The molecule has 1 aromatic carbocycles. The second-order valence-corrected chi connectivity index (χ2v) is 4.14. The van der Waals surface area contributed by atoms with Crippen LogP contribution in [0.25, 0.3) is 0 Å². The van der Waals surface area contributed by atoms with Gasteiger partial charge in [-0.3, -0.25) is 4.98 Å². The minimum absolute atomic E-state index is 0.192. The highest BCUT2D eigenvalue weighted by atomic mass is 16.4. The average molecular weight is 257 g/mol. The third kappa shape index (κ3) is 3.45. The minimum Gasteiger partial charge on any atom is -0.478 e. The van der Waals surface area contributed by atoms with Crippen LogP contribution in [0.3, 0.4) is 0 Å². The van der Waals surface area contributed by atoms with E-state index in [1.54, 1.807) is 18.5 Å². The Kier molecular flexibility index (Phi) is 3.97. The summed E-state index contributed by atoms with van der Waals surface area (Å²) in [5.74, 6) is -0.977. The molecule has 0 saturated heterocycles. The number of benzene rings is 1. The fourth-order valence-corrected chi connectivity index (χ4v) is 1.75. The number of carboxylic acids is 1. The quantitative estimate of drug-likeness (QED) is 0.713. The van der Waals surface area contributed by atoms with Crippen molar-refractivity contribution in [3.63, 3.8) is 0 Å². The Morgan fingerprint density at radius 2 is 2.00 bits per heavy atom. The molecular weight excluding hydrogens is 242 g/mol. The largest absolute Gasteiger partial charge is 0.478 e. The SMILES string of the molecule is Nc1cc(C(=O)O)ccc1NCCc1ccncc1. The topological polar surface area (TPSA) is 88.2 Å². The molecule has 19 heavy (non-hydrogen) atoms. The summed E-state index contributed by atoms with van der Waals surface area (Å²) < 4.78 is 0. The number of hydrogen-bond donors (Lipinski definition) is 3. The van der Waals surface area contributed by atoms with Crippen LogP contribution in [-0.2, 0) is 6.42 Å². The molecule has 4 N–H and O–H groups in total. The van der Waals surface area contributed by atoms with Crippen molar-refractivity contribution in [3.8, 4) is 0 Å². The zero-order valence-electron chi connectivity index (χ0n) is 10.3. The molecule has 1 aromatic heterocycles. The van der Waals surface area contributed by atoms with E-state index in [0.717, 1.165) is 18.7 Å². The maximum atomic E-state index is 10.8. The Morgan fingerprint density at radius 1 is 1.26 bits per heavy atom. The zero-order chi connectivity index (χ0) is 13.7. The van der Waals surface area contributed by atoms with Gasteiger partial charge in [-0.1, -0.05) is 0 Å². The molecule has 0 unspecified atom stereocenters. The molecule has 0 aliphatic carbocycles. The predicted molar refractivity (Wildman–Crippen MR) is 74.2 cm³/mol. The number of hydrogen-bond acceptors (Lipinski definition) is 4. The first-order chi connectivity index (χ1) is 9.16. The monoisotopic (exact) mass is 257 g/mol. The molecule has 2 rings (SSSR count). The standard InChI is InChI=1S/C14H15N3O2/c15-12-9-11(14(18)19)1-2-13(12)17-8-5-10-3-6-16-7-4-10/h1-4,6-7,9,17H,5,8,15H2,(H,18,19). The summed E-state index contributed by atoms with van der Waals surface area (Å²) in [6.45, 7) is 0.723. The number of nitrogens with two attached hydrogens (primary N) is 1. The average Bonchev–Trinajstić information content (AvgIpc) is 2.41. The molecule has 0 aliphatic heterocycles. The molecule has 0 saturated carbocycles. The third-order valence-corrected chi connectivity index (χ3v) is 2.78. The number of aromatic nitrogens is 1. The van der Waals surface area contributed by atoms with Gasteiger partial charge in [0.15, 0.2) is 0 Å². The number of carbonyl (C=O) groups is 1. The van der Waals surface area contributed by atoms with E-state index in [1.807, 2.05) is 12.1 Å². The van der Waals surface area contributed by atoms with Crippen LogP contribution in [0, 0.1) is 0 Å². The summed E-state index contributed by atoms with van der Waals surface area (Å²) in [5, 5.41) is 12.0. The van der Waals surface area contributed by atoms with Gasteiger partial charge in [-0.15, -0.1) is 0 Å². The fraction of sp³-hybridized carbons (Fsp3) is 0.143. The van der Waals surface area contributed by atoms with Crippen LogP contribution < -0.4 is 11.1 Å². The first-order valence-electron chi connectivity index (χ1n) is 5.92. The smallest absolute Gasteiger partial charge is 0.335 e. The summed E-state index contributed by atoms with van der Waals surface area (Å²) in [6.07, 6.45) is 4.36. The van der Waals surface area contributed by atoms with Crippen molar-refractivity contribution in [3.05, 3.63) is 53.9 Å². The first-order valence-corrected chi connectivity index (χ1v) is 5.92. The van der Waals surface area contributed by atoms with Gasteiger partial charge in [0, 0.05) is 18.9 Å². The van der Waals surface area contributed by atoms with Gasteiger partial charge >= 0.3 is 5.97 Å². The van der Waals surface area contributed by atoms with Gasteiger partial charge < -0.3 is 16.2 Å². The number of anilines is 2. The van der Waals surface area contributed by atoms with E-state index in [4.69, 9.17) is 10.8 Å².